The minimum atomic E-state index is -0.542. The smallest absolute Gasteiger partial charge is 0.342 e. The van der Waals surface area contributed by atoms with Crippen LogP contribution in [-0.4, -0.2) is 31.1 Å². The van der Waals surface area contributed by atoms with Gasteiger partial charge < -0.3 is 14.8 Å². The maximum Gasteiger partial charge on any atom is 0.342 e. The average molecular weight is 333 g/mol. The largest absolute Gasteiger partial charge is 0.493 e. The summed E-state index contributed by atoms with van der Waals surface area (Å²) in [6.45, 7) is 6.42. The van der Waals surface area contributed by atoms with Crippen LogP contribution >= 0.6 is 0 Å². The van der Waals surface area contributed by atoms with Crippen molar-refractivity contribution in [3.05, 3.63) is 29.8 Å². The van der Waals surface area contributed by atoms with E-state index in [4.69, 9.17) is 9.47 Å². The molecule has 1 aromatic carbocycles. The van der Waals surface area contributed by atoms with Crippen LogP contribution in [0, 0.1) is 11.8 Å². The number of para-hydroxylation sites is 1. The molecule has 0 bridgehead atoms. The van der Waals surface area contributed by atoms with Gasteiger partial charge in [-0.15, -0.1) is 0 Å². The Morgan fingerprint density at radius 2 is 1.96 bits per heavy atom. The van der Waals surface area contributed by atoms with Crippen LogP contribution in [0.1, 0.15) is 50.4 Å². The Kier molecular flexibility index (Phi) is 6.64. The number of hydrogen-bond acceptors (Lipinski definition) is 4. The van der Waals surface area contributed by atoms with E-state index in [0.717, 1.165) is 12.8 Å². The Morgan fingerprint density at radius 1 is 1.21 bits per heavy atom. The van der Waals surface area contributed by atoms with E-state index in [1.165, 1.54) is 6.42 Å². The van der Waals surface area contributed by atoms with E-state index in [1.54, 1.807) is 24.3 Å². The third kappa shape index (κ3) is 4.73. The summed E-state index contributed by atoms with van der Waals surface area (Å²) in [4.78, 5) is 24.3. The molecule has 0 unspecified atom stereocenters. The van der Waals surface area contributed by atoms with Gasteiger partial charge in [-0.05, 0) is 37.3 Å². The molecule has 1 aliphatic carbocycles. The first-order valence-electron chi connectivity index (χ1n) is 8.71. The van der Waals surface area contributed by atoms with Gasteiger partial charge in [0.05, 0.1) is 6.61 Å². The molecule has 0 radical (unpaired) electrons. The molecule has 2 rings (SSSR count). The topological polar surface area (TPSA) is 64.6 Å². The summed E-state index contributed by atoms with van der Waals surface area (Å²) >= 11 is 0. The van der Waals surface area contributed by atoms with Crippen LogP contribution in [0.3, 0.4) is 0 Å². The van der Waals surface area contributed by atoms with E-state index < -0.39 is 5.97 Å². The van der Waals surface area contributed by atoms with Crippen molar-refractivity contribution in [1.29, 1.82) is 0 Å². The lowest BCUT2D eigenvalue weighted by Gasteiger charge is -2.34. The number of amides is 1. The highest BCUT2D eigenvalue weighted by Crippen LogP contribution is 2.29. The molecule has 0 heterocycles. The van der Waals surface area contributed by atoms with Crippen molar-refractivity contribution in [3.8, 4) is 5.75 Å². The molecular formula is C19H27NO4. The number of rotatable bonds is 6. The highest BCUT2D eigenvalue weighted by Gasteiger charge is 2.28. The van der Waals surface area contributed by atoms with Crippen LogP contribution in [0.5, 0.6) is 5.75 Å². The summed E-state index contributed by atoms with van der Waals surface area (Å²) < 4.78 is 10.6. The average Bonchev–Trinajstić information content (AvgIpc) is 2.58. The molecule has 1 aromatic rings. The second kappa shape index (κ2) is 8.71. The quantitative estimate of drug-likeness (QED) is 0.812. The number of carbonyl (C=O) groups is 2. The minimum Gasteiger partial charge on any atom is -0.493 e. The van der Waals surface area contributed by atoms with Gasteiger partial charge in [0.2, 0.25) is 0 Å². The molecule has 0 saturated heterocycles. The molecule has 5 heteroatoms. The van der Waals surface area contributed by atoms with Crippen molar-refractivity contribution in [3.63, 3.8) is 0 Å². The maximum atomic E-state index is 12.2. The lowest BCUT2D eigenvalue weighted by molar-refractivity contribution is -0.125. The van der Waals surface area contributed by atoms with Crippen molar-refractivity contribution in [2.24, 2.45) is 11.8 Å². The van der Waals surface area contributed by atoms with Gasteiger partial charge in [-0.3, -0.25) is 4.79 Å². The standard InChI is InChI=1S/C19H27NO4/c1-4-23-17-11-6-5-9-15(17)19(22)24-12-18(21)20-16-10-7-8-13(2)14(16)3/h5-6,9,11,13-14,16H,4,7-8,10,12H2,1-3H3,(H,20,21)/t13-,14-,16+/m0/s1. The molecule has 0 aliphatic heterocycles. The Labute approximate surface area is 143 Å². The first kappa shape index (κ1) is 18.3. The van der Waals surface area contributed by atoms with Crippen LogP contribution in [0.15, 0.2) is 24.3 Å². The summed E-state index contributed by atoms with van der Waals surface area (Å²) in [7, 11) is 0. The Hall–Kier alpha value is -2.04. The summed E-state index contributed by atoms with van der Waals surface area (Å²) in [5.74, 6) is 0.726. The molecule has 132 valence electrons. The molecule has 3 atom stereocenters. The van der Waals surface area contributed by atoms with Gasteiger partial charge in [-0.25, -0.2) is 4.79 Å². The van der Waals surface area contributed by atoms with Crippen molar-refractivity contribution in [2.45, 2.75) is 46.1 Å². The summed E-state index contributed by atoms with van der Waals surface area (Å²) in [5, 5.41) is 3.00. The fourth-order valence-corrected chi connectivity index (χ4v) is 3.16. The van der Waals surface area contributed by atoms with Crippen molar-refractivity contribution in [1.82, 2.24) is 5.32 Å². The van der Waals surface area contributed by atoms with Crippen molar-refractivity contribution < 1.29 is 19.1 Å². The van der Waals surface area contributed by atoms with Gasteiger partial charge in [-0.2, -0.15) is 0 Å². The molecule has 1 N–H and O–H groups in total. The predicted octanol–water partition coefficient (Wildman–Crippen LogP) is 3.18. The zero-order chi connectivity index (χ0) is 17.5. The van der Waals surface area contributed by atoms with E-state index >= 15 is 0 Å². The first-order chi connectivity index (χ1) is 11.5. The van der Waals surface area contributed by atoms with Crippen LogP contribution in [0.2, 0.25) is 0 Å². The molecular weight excluding hydrogens is 306 g/mol. The molecule has 0 spiro atoms. The lowest BCUT2D eigenvalue weighted by Crippen LogP contribution is -2.45. The van der Waals surface area contributed by atoms with Crippen molar-refractivity contribution in [2.75, 3.05) is 13.2 Å². The molecule has 1 fully saturated rings. The summed E-state index contributed by atoms with van der Waals surface area (Å²) in [5.41, 5.74) is 0.340. The molecule has 1 amide bonds. The number of carbonyl (C=O) groups excluding carboxylic acids is 2. The van der Waals surface area contributed by atoms with Gasteiger partial charge in [0.25, 0.3) is 5.91 Å². The van der Waals surface area contributed by atoms with Crippen LogP contribution in [-0.2, 0) is 9.53 Å². The van der Waals surface area contributed by atoms with Gasteiger partial charge in [0.15, 0.2) is 6.61 Å². The molecule has 5 nitrogen and oxygen atoms in total. The lowest BCUT2D eigenvalue weighted by atomic mass is 9.78. The van der Waals surface area contributed by atoms with Gasteiger partial charge in [0, 0.05) is 6.04 Å². The van der Waals surface area contributed by atoms with Crippen LogP contribution in [0.4, 0.5) is 0 Å². The maximum absolute atomic E-state index is 12.2. The number of hydrogen-bond donors (Lipinski definition) is 1. The number of benzene rings is 1. The van der Waals surface area contributed by atoms with E-state index in [1.807, 2.05) is 6.92 Å². The monoisotopic (exact) mass is 333 g/mol. The number of esters is 1. The fraction of sp³-hybridized carbons (Fsp3) is 0.579. The molecule has 1 saturated carbocycles. The normalized spacial score (nSPS) is 23.4. The third-order valence-electron chi connectivity index (χ3n) is 4.79. The zero-order valence-electron chi connectivity index (χ0n) is 14.7. The summed E-state index contributed by atoms with van der Waals surface area (Å²) in [6.07, 6.45) is 3.31. The van der Waals surface area contributed by atoms with Crippen LogP contribution in [0.25, 0.3) is 0 Å². The van der Waals surface area contributed by atoms with Crippen molar-refractivity contribution >= 4 is 11.9 Å². The Balaban J connectivity index is 1.86. The highest BCUT2D eigenvalue weighted by molar-refractivity contribution is 5.94. The Bertz CT molecular complexity index is 572. The predicted molar refractivity (Wildman–Crippen MR) is 92.0 cm³/mol. The van der Waals surface area contributed by atoms with Gasteiger partial charge in [0.1, 0.15) is 11.3 Å². The first-order valence-corrected chi connectivity index (χ1v) is 8.71. The minimum absolute atomic E-state index is 0.163. The third-order valence-corrected chi connectivity index (χ3v) is 4.79. The van der Waals surface area contributed by atoms with Gasteiger partial charge >= 0.3 is 5.97 Å². The molecule has 0 aromatic heterocycles. The molecule has 24 heavy (non-hydrogen) atoms. The number of nitrogens with one attached hydrogen (secondary N) is 1. The highest BCUT2D eigenvalue weighted by atomic mass is 16.5. The number of ether oxygens (including phenoxy) is 2. The van der Waals surface area contributed by atoms with E-state index in [9.17, 15) is 9.59 Å². The second-order valence-corrected chi connectivity index (χ2v) is 6.45. The Morgan fingerprint density at radius 3 is 2.71 bits per heavy atom. The SMILES string of the molecule is CCOc1ccccc1C(=O)OCC(=O)N[C@@H]1CCC[C@H](C)[C@@H]1C. The van der Waals surface area contributed by atoms with E-state index in [0.29, 0.717) is 29.8 Å². The molecule has 1 aliphatic rings. The van der Waals surface area contributed by atoms with E-state index in [-0.39, 0.29) is 18.6 Å². The zero-order valence-corrected chi connectivity index (χ0v) is 14.7. The van der Waals surface area contributed by atoms with Crippen LogP contribution < -0.4 is 10.1 Å². The van der Waals surface area contributed by atoms with E-state index in [2.05, 4.69) is 19.2 Å². The second-order valence-electron chi connectivity index (χ2n) is 6.45. The summed E-state index contributed by atoms with van der Waals surface area (Å²) in [6, 6.07) is 7.04. The van der Waals surface area contributed by atoms with Gasteiger partial charge in [-0.1, -0.05) is 38.8 Å². The fourth-order valence-electron chi connectivity index (χ4n) is 3.16.